The number of carbonyl (C=O) groups excluding carboxylic acids is 1. The van der Waals surface area contributed by atoms with E-state index in [2.05, 4.69) is 15.9 Å². The summed E-state index contributed by atoms with van der Waals surface area (Å²) in [6.07, 6.45) is 0. The Morgan fingerprint density at radius 2 is 1.81 bits per heavy atom. The number of fused-ring (bicyclic) bond motifs is 1. The summed E-state index contributed by atoms with van der Waals surface area (Å²) < 4.78 is 29.5. The van der Waals surface area contributed by atoms with Crippen LogP contribution in [0.4, 0.5) is 0 Å². The highest BCUT2D eigenvalue weighted by Crippen LogP contribution is 2.30. The van der Waals surface area contributed by atoms with Crippen LogP contribution in [0.25, 0.3) is 11.0 Å². The van der Waals surface area contributed by atoms with E-state index in [4.69, 9.17) is 9.56 Å². The molecular formula is C19H19BrN2O4S. The van der Waals surface area contributed by atoms with Crippen molar-refractivity contribution in [3.05, 3.63) is 63.8 Å². The van der Waals surface area contributed by atoms with Crippen molar-refractivity contribution in [3.8, 4) is 0 Å². The number of benzene rings is 2. The maximum Gasteiger partial charge on any atom is 0.290 e. The minimum atomic E-state index is -3.75. The molecule has 0 aliphatic heterocycles. The molecule has 0 saturated carbocycles. The molecule has 1 amide bonds. The number of rotatable bonds is 4. The van der Waals surface area contributed by atoms with Crippen molar-refractivity contribution in [3.63, 3.8) is 0 Å². The molecule has 0 bridgehead atoms. The number of nitrogens with two attached hydrogens (primary N) is 1. The summed E-state index contributed by atoms with van der Waals surface area (Å²) in [6, 6.07) is 11.5. The summed E-state index contributed by atoms with van der Waals surface area (Å²) >= 11 is 3.43. The fourth-order valence-electron chi connectivity index (χ4n) is 2.89. The Kier molecular flexibility index (Phi) is 5.16. The summed E-state index contributed by atoms with van der Waals surface area (Å²) in [6.45, 7) is 3.71. The largest absolute Gasteiger partial charge is 0.451 e. The van der Waals surface area contributed by atoms with Crippen LogP contribution in [-0.4, -0.2) is 26.3 Å². The molecule has 1 heterocycles. The summed E-state index contributed by atoms with van der Waals surface area (Å²) in [5, 5.41) is 6.00. The Hall–Kier alpha value is -2.16. The van der Waals surface area contributed by atoms with Crippen LogP contribution in [0.2, 0.25) is 0 Å². The number of furan rings is 1. The highest BCUT2D eigenvalue weighted by molar-refractivity contribution is 9.10. The fraction of sp³-hybridized carbons (Fsp3) is 0.211. The summed E-state index contributed by atoms with van der Waals surface area (Å²) in [5.74, 6) is 0.0430. The number of carbonyl (C=O) groups is 1. The Morgan fingerprint density at radius 3 is 2.41 bits per heavy atom. The number of amides is 1. The predicted molar refractivity (Wildman–Crippen MR) is 107 cm³/mol. The van der Waals surface area contributed by atoms with E-state index >= 15 is 0 Å². The molecule has 0 aliphatic rings. The second-order valence-corrected chi connectivity index (χ2v) is 8.88. The first kappa shape index (κ1) is 19.6. The van der Waals surface area contributed by atoms with Crippen LogP contribution >= 0.6 is 15.9 Å². The molecule has 6 nitrogen and oxygen atoms in total. The van der Waals surface area contributed by atoms with Crippen molar-refractivity contribution in [2.24, 2.45) is 5.14 Å². The van der Waals surface area contributed by atoms with E-state index in [1.54, 1.807) is 24.1 Å². The Morgan fingerprint density at radius 1 is 1.19 bits per heavy atom. The van der Waals surface area contributed by atoms with Gasteiger partial charge in [-0.1, -0.05) is 28.1 Å². The third-order valence-electron chi connectivity index (χ3n) is 4.68. The van der Waals surface area contributed by atoms with Gasteiger partial charge in [0.05, 0.1) is 10.9 Å². The van der Waals surface area contributed by atoms with Gasteiger partial charge in [-0.3, -0.25) is 4.79 Å². The minimum Gasteiger partial charge on any atom is -0.451 e. The third-order valence-corrected chi connectivity index (χ3v) is 6.11. The van der Waals surface area contributed by atoms with Gasteiger partial charge < -0.3 is 9.32 Å². The summed E-state index contributed by atoms with van der Waals surface area (Å²) in [4.78, 5) is 14.6. The lowest BCUT2D eigenvalue weighted by Gasteiger charge is -2.25. The highest BCUT2D eigenvalue weighted by atomic mass is 79.9. The van der Waals surface area contributed by atoms with Gasteiger partial charge >= 0.3 is 0 Å². The zero-order valence-corrected chi connectivity index (χ0v) is 17.5. The second kappa shape index (κ2) is 7.10. The van der Waals surface area contributed by atoms with Crippen molar-refractivity contribution >= 4 is 42.8 Å². The minimum absolute atomic E-state index is 0.0335. The van der Waals surface area contributed by atoms with Gasteiger partial charge in [-0.2, -0.15) is 0 Å². The number of hydrogen-bond donors (Lipinski definition) is 1. The molecule has 3 aromatic rings. The molecule has 2 N–H and O–H groups in total. The number of sulfonamides is 1. The van der Waals surface area contributed by atoms with E-state index in [0.717, 1.165) is 21.0 Å². The topological polar surface area (TPSA) is 93.6 Å². The zero-order chi connectivity index (χ0) is 19.9. The molecule has 1 aromatic heterocycles. The predicted octanol–water partition coefficient (Wildman–Crippen LogP) is 3.98. The van der Waals surface area contributed by atoms with Crippen LogP contribution < -0.4 is 5.14 Å². The van der Waals surface area contributed by atoms with E-state index in [0.29, 0.717) is 11.3 Å². The summed E-state index contributed by atoms with van der Waals surface area (Å²) in [7, 11) is -2.06. The van der Waals surface area contributed by atoms with Crippen molar-refractivity contribution in [2.75, 3.05) is 7.05 Å². The third kappa shape index (κ3) is 3.78. The molecule has 8 heteroatoms. The van der Waals surface area contributed by atoms with Gasteiger partial charge in [-0.05, 0) is 49.7 Å². The Balaban J connectivity index is 1.90. The van der Waals surface area contributed by atoms with E-state index in [1.807, 2.05) is 32.0 Å². The average Bonchev–Trinajstić information content (AvgIpc) is 2.95. The fourth-order valence-corrected chi connectivity index (χ4v) is 3.77. The summed E-state index contributed by atoms with van der Waals surface area (Å²) in [5.41, 5.74) is 2.22. The van der Waals surface area contributed by atoms with Gasteiger partial charge in [0.1, 0.15) is 5.58 Å². The SMILES string of the molecule is Cc1c(C(=O)N(C)C(C)c2ccc(S(N)(=O)=O)cc2)oc2ccc(Br)cc12. The van der Waals surface area contributed by atoms with Gasteiger partial charge in [0.25, 0.3) is 5.91 Å². The molecule has 2 aromatic carbocycles. The van der Waals surface area contributed by atoms with Crippen molar-refractivity contribution in [2.45, 2.75) is 24.8 Å². The lowest BCUT2D eigenvalue weighted by atomic mass is 10.1. The van der Waals surface area contributed by atoms with Crippen LogP contribution in [0.15, 0.2) is 56.2 Å². The first-order chi connectivity index (χ1) is 12.6. The van der Waals surface area contributed by atoms with Gasteiger partial charge in [0, 0.05) is 22.5 Å². The number of aryl methyl sites for hydroxylation is 1. The second-order valence-electron chi connectivity index (χ2n) is 6.40. The number of halogens is 1. The van der Waals surface area contributed by atoms with Crippen LogP contribution in [0.3, 0.4) is 0 Å². The smallest absolute Gasteiger partial charge is 0.290 e. The molecule has 0 radical (unpaired) electrons. The molecule has 0 saturated heterocycles. The molecule has 0 fully saturated rings. The molecule has 3 rings (SSSR count). The average molecular weight is 451 g/mol. The molecular weight excluding hydrogens is 432 g/mol. The lowest BCUT2D eigenvalue weighted by Crippen LogP contribution is -2.29. The van der Waals surface area contributed by atoms with Crippen LogP contribution in [0, 0.1) is 6.92 Å². The van der Waals surface area contributed by atoms with Crippen molar-refractivity contribution in [1.82, 2.24) is 4.90 Å². The molecule has 27 heavy (non-hydrogen) atoms. The van der Waals surface area contributed by atoms with Gasteiger partial charge in [0.15, 0.2) is 5.76 Å². The highest BCUT2D eigenvalue weighted by Gasteiger charge is 2.25. The molecule has 0 spiro atoms. The number of primary sulfonamides is 1. The number of hydrogen-bond acceptors (Lipinski definition) is 4. The van der Waals surface area contributed by atoms with Gasteiger partial charge in [-0.15, -0.1) is 0 Å². The number of nitrogens with zero attached hydrogens (tertiary/aromatic N) is 1. The quantitative estimate of drug-likeness (QED) is 0.649. The van der Waals surface area contributed by atoms with Gasteiger partial charge in [0.2, 0.25) is 10.0 Å². The maximum atomic E-state index is 13.0. The lowest BCUT2D eigenvalue weighted by molar-refractivity contribution is 0.0711. The standard InChI is InChI=1S/C19H19BrN2O4S/c1-11-16-10-14(20)6-9-17(16)26-18(11)19(23)22(3)12(2)13-4-7-15(8-5-13)27(21,24)25/h4-10,12H,1-3H3,(H2,21,24,25). The first-order valence-corrected chi connectivity index (χ1v) is 10.5. The Labute approximate surface area is 166 Å². The molecule has 142 valence electrons. The van der Waals surface area contributed by atoms with E-state index in [9.17, 15) is 13.2 Å². The van der Waals surface area contributed by atoms with E-state index < -0.39 is 10.0 Å². The maximum absolute atomic E-state index is 13.0. The van der Waals surface area contributed by atoms with Crippen LogP contribution in [0.1, 0.15) is 34.6 Å². The Bertz CT molecular complexity index is 1120. The van der Waals surface area contributed by atoms with Crippen molar-refractivity contribution in [1.29, 1.82) is 0 Å². The zero-order valence-electron chi connectivity index (χ0n) is 15.1. The molecule has 1 unspecified atom stereocenters. The van der Waals surface area contributed by atoms with E-state index in [-0.39, 0.29) is 16.8 Å². The van der Waals surface area contributed by atoms with E-state index in [1.165, 1.54) is 12.1 Å². The monoisotopic (exact) mass is 450 g/mol. The molecule has 0 aliphatic carbocycles. The van der Waals surface area contributed by atoms with Crippen LogP contribution in [-0.2, 0) is 10.0 Å². The van der Waals surface area contributed by atoms with Gasteiger partial charge in [-0.25, -0.2) is 13.6 Å². The van der Waals surface area contributed by atoms with Crippen LogP contribution in [0.5, 0.6) is 0 Å². The molecule has 1 atom stereocenters. The normalized spacial score (nSPS) is 12.9. The first-order valence-electron chi connectivity index (χ1n) is 8.18. The van der Waals surface area contributed by atoms with Crippen molar-refractivity contribution < 1.29 is 17.6 Å².